The number of nitrogens with zero attached hydrogens (tertiary/aromatic N) is 3. The Kier molecular flexibility index (Phi) is 4.75. The lowest BCUT2D eigenvalue weighted by Gasteiger charge is -2.11. The number of anilines is 1. The number of fused-ring (bicyclic) bond motifs is 3. The number of halogens is 2. The molecule has 0 spiro atoms. The van der Waals surface area contributed by atoms with Gasteiger partial charge in [0.15, 0.2) is 5.82 Å². The molecule has 0 saturated carbocycles. The first kappa shape index (κ1) is 16.8. The molecule has 1 aliphatic rings. The molecule has 0 aliphatic heterocycles. The van der Waals surface area contributed by atoms with E-state index in [-0.39, 0.29) is 5.75 Å². The van der Waals surface area contributed by atoms with Crippen molar-refractivity contribution in [2.24, 2.45) is 5.10 Å². The second kappa shape index (κ2) is 7.33. The van der Waals surface area contributed by atoms with E-state index < -0.39 is 6.61 Å². The van der Waals surface area contributed by atoms with Crippen molar-refractivity contribution in [3.8, 4) is 5.75 Å². The SMILES string of the molecule is FC(F)Oc1ccccc1/C=N/Nc1ncnc2sc3c(c12)CCCC3. The van der Waals surface area contributed by atoms with Crippen molar-refractivity contribution in [3.05, 3.63) is 46.6 Å². The summed E-state index contributed by atoms with van der Waals surface area (Å²) in [5.74, 6) is 0.715. The molecule has 0 saturated heterocycles. The first-order chi connectivity index (χ1) is 12.7. The highest BCUT2D eigenvalue weighted by Crippen LogP contribution is 2.38. The monoisotopic (exact) mass is 374 g/mol. The predicted molar refractivity (Wildman–Crippen MR) is 98.3 cm³/mol. The van der Waals surface area contributed by atoms with Gasteiger partial charge in [-0.1, -0.05) is 12.1 Å². The maximum absolute atomic E-state index is 12.5. The van der Waals surface area contributed by atoms with Gasteiger partial charge in [0.05, 0.1) is 11.6 Å². The van der Waals surface area contributed by atoms with Crippen LogP contribution in [-0.2, 0) is 12.8 Å². The molecule has 2 aromatic heterocycles. The van der Waals surface area contributed by atoms with Crippen LogP contribution < -0.4 is 10.2 Å². The number of benzene rings is 1. The van der Waals surface area contributed by atoms with Crippen LogP contribution in [0, 0.1) is 0 Å². The predicted octanol–water partition coefficient (Wildman–Crippen LogP) is 4.62. The number of nitrogens with one attached hydrogen (secondary N) is 1. The third-order valence-electron chi connectivity index (χ3n) is 4.26. The second-order valence-electron chi connectivity index (χ2n) is 5.90. The van der Waals surface area contributed by atoms with E-state index in [2.05, 4.69) is 25.2 Å². The minimum atomic E-state index is -2.88. The van der Waals surface area contributed by atoms with Crippen molar-refractivity contribution in [1.29, 1.82) is 0 Å². The minimum Gasteiger partial charge on any atom is -0.434 e. The van der Waals surface area contributed by atoms with E-state index >= 15 is 0 Å². The number of ether oxygens (including phenoxy) is 1. The van der Waals surface area contributed by atoms with Gasteiger partial charge in [-0.25, -0.2) is 9.97 Å². The van der Waals surface area contributed by atoms with Crippen LogP contribution in [0.3, 0.4) is 0 Å². The summed E-state index contributed by atoms with van der Waals surface area (Å²) in [5, 5.41) is 5.19. The van der Waals surface area contributed by atoms with E-state index in [1.165, 1.54) is 35.5 Å². The molecule has 0 unspecified atom stereocenters. The number of rotatable bonds is 5. The zero-order chi connectivity index (χ0) is 17.9. The molecule has 5 nitrogen and oxygen atoms in total. The van der Waals surface area contributed by atoms with Crippen molar-refractivity contribution in [2.45, 2.75) is 32.3 Å². The number of hydrazone groups is 1. The summed E-state index contributed by atoms with van der Waals surface area (Å²) in [6, 6.07) is 6.50. The fraction of sp³-hybridized carbons (Fsp3) is 0.278. The van der Waals surface area contributed by atoms with Crippen molar-refractivity contribution in [1.82, 2.24) is 9.97 Å². The second-order valence-corrected chi connectivity index (χ2v) is 6.98. The van der Waals surface area contributed by atoms with E-state index in [0.29, 0.717) is 11.4 Å². The van der Waals surface area contributed by atoms with Gasteiger partial charge in [0.2, 0.25) is 0 Å². The van der Waals surface area contributed by atoms with Crippen molar-refractivity contribution in [3.63, 3.8) is 0 Å². The number of aryl methyl sites for hydroxylation is 2. The van der Waals surface area contributed by atoms with Crippen molar-refractivity contribution in [2.75, 3.05) is 5.43 Å². The van der Waals surface area contributed by atoms with E-state index in [1.807, 2.05) is 0 Å². The first-order valence-electron chi connectivity index (χ1n) is 8.30. The number of hydrogen-bond donors (Lipinski definition) is 1. The molecule has 2 heterocycles. The van der Waals surface area contributed by atoms with E-state index in [9.17, 15) is 8.78 Å². The van der Waals surface area contributed by atoms with Crippen molar-refractivity contribution < 1.29 is 13.5 Å². The molecule has 0 radical (unpaired) electrons. The Morgan fingerprint density at radius 3 is 2.92 bits per heavy atom. The summed E-state index contributed by atoms with van der Waals surface area (Å²) < 4.78 is 29.5. The molecular formula is C18H16F2N4OS. The Hall–Kier alpha value is -2.61. The van der Waals surface area contributed by atoms with Crippen molar-refractivity contribution >= 4 is 33.6 Å². The zero-order valence-corrected chi connectivity index (χ0v) is 14.6. The Morgan fingerprint density at radius 2 is 2.04 bits per heavy atom. The highest BCUT2D eigenvalue weighted by Gasteiger charge is 2.19. The maximum atomic E-state index is 12.5. The highest BCUT2D eigenvalue weighted by atomic mass is 32.1. The largest absolute Gasteiger partial charge is 0.434 e. The van der Waals surface area contributed by atoms with Crippen LogP contribution in [0.1, 0.15) is 28.8 Å². The standard InChI is InChI=1S/C18H16F2N4OS/c19-18(20)25-13-7-3-1-5-11(13)9-23-24-16-15-12-6-2-4-8-14(12)26-17(15)22-10-21-16/h1,3,5,7,9-10,18H,2,4,6,8H2,(H,21,22,24)/b23-9+. The Labute approximate surface area is 152 Å². The number of para-hydroxylation sites is 1. The normalized spacial score (nSPS) is 14.1. The number of thiophene rings is 1. The van der Waals surface area contributed by atoms with Gasteiger partial charge in [-0.2, -0.15) is 13.9 Å². The van der Waals surface area contributed by atoms with Gasteiger partial charge < -0.3 is 4.74 Å². The molecule has 0 atom stereocenters. The first-order valence-corrected chi connectivity index (χ1v) is 9.12. The third kappa shape index (κ3) is 3.37. The Balaban J connectivity index is 1.61. The molecule has 1 aromatic carbocycles. The maximum Gasteiger partial charge on any atom is 0.387 e. The summed E-state index contributed by atoms with van der Waals surface area (Å²) >= 11 is 1.71. The van der Waals surface area contributed by atoms with Gasteiger partial charge in [-0.15, -0.1) is 11.3 Å². The van der Waals surface area contributed by atoms with Gasteiger partial charge in [-0.3, -0.25) is 5.43 Å². The lowest BCUT2D eigenvalue weighted by molar-refractivity contribution is -0.0499. The molecule has 1 aliphatic carbocycles. The lowest BCUT2D eigenvalue weighted by Crippen LogP contribution is -2.04. The quantitative estimate of drug-likeness (QED) is 0.523. The third-order valence-corrected chi connectivity index (χ3v) is 5.46. The average molecular weight is 374 g/mol. The number of alkyl halides is 2. The van der Waals surface area contributed by atoms with Crippen LogP contribution in [0.25, 0.3) is 10.2 Å². The topological polar surface area (TPSA) is 59.4 Å². The number of aromatic nitrogens is 2. The molecule has 3 aromatic rings. The van der Waals surface area contributed by atoms with Crippen LogP contribution in [0.2, 0.25) is 0 Å². The summed E-state index contributed by atoms with van der Waals surface area (Å²) in [5.41, 5.74) is 4.69. The fourth-order valence-electron chi connectivity index (χ4n) is 3.13. The van der Waals surface area contributed by atoms with Gasteiger partial charge in [-0.05, 0) is 43.4 Å². The van der Waals surface area contributed by atoms with Gasteiger partial charge >= 0.3 is 6.61 Å². The zero-order valence-electron chi connectivity index (χ0n) is 13.8. The molecule has 134 valence electrons. The Morgan fingerprint density at radius 1 is 1.19 bits per heavy atom. The van der Waals surface area contributed by atoms with Crippen LogP contribution >= 0.6 is 11.3 Å². The lowest BCUT2D eigenvalue weighted by atomic mass is 9.97. The summed E-state index contributed by atoms with van der Waals surface area (Å²) in [4.78, 5) is 11.0. The molecular weight excluding hydrogens is 358 g/mol. The molecule has 4 rings (SSSR count). The van der Waals surface area contributed by atoms with Crippen LogP contribution in [-0.4, -0.2) is 22.8 Å². The molecule has 1 N–H and O–H groups in total. The summed E-state index contributed by atoms with van der Waals surface area (Å²) in [7, 11) is 0. The van der Waals surface area contributed by atoms with Gasteiger partial charge in [0.25, 0.3) is 0 Å². The van der Waals surface area contributed by atoms with Crippen LogP contribution in [0.4, 0.5) is 14.6 Å². The minimum absolute atomic E-state index is 0.0776. The fourth-order valence-corrected chi connectivity index (χ4v) is 4.36. The molecule has 0 amide bonds. The average Bonchev–Trinajstić information content (AvgIpc) is 3.02. The molecule has 0 fully saturated rings. The van der Waals surface area contributed by atoms with E-state index in [1.54, 1.807) is 29.5 Å². The smallest absolute Gasteiger partial charge is 0.387 e. The van der Waals surface area contributed by atoms with E-state index in [0.717, 1.165) is 29.5 Å². The summed E-state index contributed by atoms with van der Waals surface area (Å²) in [6.45, 7) is -2.88. The molecule has 26 heavy (non-hydrogen) atoms. The Bertz CT molecular complexity index is 958. The summed E-state index contributed by atoms with van der Waals surface area (Å²) in [6.07, 6.45) is 7.42. The highest BCUT2D eigenvalue weighted by molar-refractivity contribution is 7.19. The molecule has 8 heteroatoms. The molecule has 0 bridgehead atoms. The van der Waals surface area contributed by atoms with Crippen LogP contribution in [0.5, 0.6) is 5.75 Å². The van der Waals surface area contributed by atoms with Crippen LogP contribution in [0.15, 0.2) is 35.7 Å². The van der Waals surface area contributed by atoms with E-state index in [4.69, 9.17) is 0 Å². The van der Waals surface area contributed by atoms with Gasteiger partial charge in [0.1, 0.15) is 16.9 Å². The van der Waals surface area contributed by atoms with Gasteiger partial charge in [0, 0.05) is 10.4 Å². The number of hydrogen-bond acceptors (Lipinski definition) is 6.